The normalized spacial score (nSPS) is 11.2. The molecule has 0 aliphatic carbocycles. The number of hydrogen-bond acceptors (Lipinski definition) is 4. The average Bonchev–Trinajstić information content (AvgIpc) is 2.49. The highest BCUT2D eigenvalue weighted by atomic mass is 32.2. The summed E-state index contributed by atoms with van der Waals surface area (Å²) in [5.74, 6) is -2.18. The zero-order chi connectivity index (χ0) is 17.2. The lowest BCUT2D eigenvalue weighted by atomic mass is 10.2. The van der Waals surface area contributed by atoms with Crippen molar-refractivity contribution in [3.8, 4) is 5.75 Å². The first kappa shape index (κ1) is 16.8. The maximum absolute atomic E-state index is 12.8. The Bertz CT molecular complexity index is 845. The van der Waals surface area contributed by atoms with Gasteiger partial charge in [-0.2, -0.15) is 0 Å². The summed E-state index contributed by atoms with van der Waals surface area (Å²) in [5.41, 5.74) is 0.724. The van der Waals surface area contributed by atoms with Crippen LogP contribution < -0.4 is 9.41 Å². The molecule has 0 saturated carbocycles. The number of nitrogens with zero attached hydrogens (tertiary/aromatic N) is 1. The van der Waals surface area contributed by atoms with Crippen LogP contribution in [0, 0.1) is 6.92 Å². The molecular formula is C16H16NO5S-. The zero-order valence-corrected chi connectivity index (χ0v) is 13.5. The number of aromatic carboxylic acids is 1. The van der Waals surface area contributed by atoms with E-state index in [4.69, 9.17) is 5.11 Å². The molecule has 2 aromatic rings. The van der Waals surface area contributed by atoms with Crippen LogP contribution >= 0.6 is 0 Å². The topological polar surface area (TPSA) is 97.7 Å². The number of carbonyl (C=O) groups is 1. The van der Waals surface area contributed by atoms with Gasteiger partial charge in [-0.25, -0.2) is 13.2 Å². The Kier molecular flexibility index (Phi) is 4.60. The summed E-state index contributed by atoms with van der Waals surface area (Å²) < 4.78 is 26.9. The summed E-state index contributed by atoms with van der Waals surface area (Å²) in [6.07, 6.45) is 0. The molecule has 0 amide bonds. The van der Waals surface area contributed by atoms with Crippen LogP contribution in [0.4, 0.5) is 5.69 Å². The summed E-state index contributed by atoms with van der Waals surface area (Å²) >= 11 is 0. The number of sulfonamides is 1. The molecule has 1 N–H and O–H groups in total. The molecule has 23 heavy (non-hydrogen) atoms. The van der Waals surface area contributed by atoms with E-state index < -0.39 is 27.3 Å². The second-order valence-electron chi connectivity index (χ2n) is 4.92. The molecule has 0 bridgehead atoms. The average molecular weight is 334 g/mol. The predicted molar refractivity (Wildman–Crippen MR) is 84.2 cm³/mol. The molecule has 0 spiro atoms. The number of benzene rings is 2. The Hall–Kier alpha value is -2.54. The summed E-state index contributed by atoms with van der Waals surface area (Å²) in [7, 11) is -3.97. The monoisotopic (exact) mass is 334 g/mol. The van der Waals surface area contributed by atoms with Gasteiger partial charge in [0.15, 0.2) is 0 Å². The standard InChI is InChI=1S/C16H17NO5S/c1-3-17(14-7-5-4-6-11(14)2)23(21,22)12-8-9-15(18)13(10-12)16(19)20/h4-10,18H,3H2,1-2H3,(H,19,20)/p-1. The first-order valence-electron chi connectivity index (χ1n) is 6.91. The van der Waals surface area contributed by atoms with Gasteiger partial charge in [0.1, 0.15) is 0 Å². The van der Waals surface area contributed by atoms with Gasteiger partial charge in [0.25, 0.3) is 10.0 Å². The van der Waals surface area contributed by atoms with E-state index in [0.717, 1.165) is 23.8 Å². The fourth-order valence-electron chi connectivity index (χ4n) is 2.28. The van der Waals surface area contributed by atoms with Gasteiger partial charge >= 0.3 is 5.97 Å². The number of rotatable bonds is 5. The van der Waals surface area contributed by atoms with E-state index in [0.29, 0.717) is 5.69 Å². The lowest BCUT2D eigenvalue weighted by Crippen LogP contribution is -2.31. The van der Waals surface area contributed by atoms with Crippen molar-refractivity contribution >= 4 is 21.7 Å². The molecular weight excluding hydrogens is 318 g/mol. The van der Waals surface area contributed by atoms with Crippen LogP contribution in [-0.4, -0.2) is 26.0 Å². The molecule has 2 rings (SSSR count). The molecule has 0 aromatic heterocycles. The Balaban J connectivity index is 2.59. The van der Waals surface area contributed by atoms with Crippen molar-refractivity contribution in [1.29, 1.82) is 0 Å². The van der Waals surface area contributed by atoms with Crippen molar-refractivity contribution in [3.63, 3.8) is 0 Å². The highest BCUT2D eigenvalue weighted by Gasteiger charge is 2.25. The van der Waals surface area contributed by atoms with E-state index in [-0.39, 0.29) is 11.4 Å². The van der Waals surface area contributed by atoms with E-state index in [9.17, 15) is 18.3 Å². The maximum atomic E-state index is 12.8. The molecule has 0 fully saturated rings. The Morgan fingerprint density at radius 3 is 2.43 bits per heavy atom. The first-order chi connectivity index (χ1) is 10.8. The van der Waals surface area contributed by atoms with Crippen LogP contribution in [-0.2, 0) is 10.0 Å². The number of carboxylic acid groups (broad SMARTS) is 1. The minimum absolute atomic E-state index is 0.175. The predicted octanol–water partition coefficient (Wildman–Crippen LogP) is 1.98. The summed E-state index contributed by atoms with van der Waals surface area (Å²) in [6.45, 7) is 3.65. The van der Waals surface area contributed by atoms with Gasteiger partial charge in [-0.3, -0.25) is 4.31 Å². The van der Waals surface area contributed by atoms with Crippen LogP contribution in [0.1, 0.15) is 22.8 Å². The van der Waals surface area contributed by atoms with E-state index in [1.165, 1.54) is 4.31 Å². The highest BCUT2D eigenvalue weighted by molar-refractivity contribution is 7.92. The number of carboxylic acids is 1. The summed E-state index contributed by atoms with van der Waals surface area (Å²) in [4.78, 5) is 10.8. The van der Waals surface area contributed by atoms with Crippen molar-refractivity contribution in [2.45, 2.75) is 18.7 Å². The number of aryl methyl sites for hydroxylation is 1. The van der Waals surface area contributed by atoms with Crippen molar-refractivity contribution in [2.24, 2.45) is 0 Å². The van der Waals surface area contributed by atoms with Gasteiger partial charge in [0, 0.05) is 6.54 Å². The van der Waals surface area contributed by atoms with Crippen LogP contribution in [0.3, 0.4) is 0 Å². The number of hydrogen-bond donors (Lipinski definition) is 1. The smallest absolute Gasteiger partial charge is 0.335 e. The van der Waals surface area contributed by atoms with E-state index in [1.54, 1.807) is 38.1 Å². The molecule has 6 nitrogen and oxygen atoms in total. The zero-order valence-electron chi connectivity index (χ0n) is 12.7. The molecule has 122 valence electrons. The molecule has 0 atom stereocenters. The third kappa shape index (κ3) is 3.14. The molecule has 0 saturated heterocycles. The van der Waals surface area contributed by atoms with Crippen LogP contribution in [0.25, 0.3) is 0 Å². The first-order valence-corrected chi connectivity index (χ1v) is 8.35. The fraction of sp³-hybridized carbons (Fsp3) is 0.188. The molecule has 2 aromatic carbocycles. The second kappa shape index (κ2) is 6.29. The SMILES string of the molecule is CCN(c1ccccc1C)S(=O)(=O)c1ccc([O-])c(C(=O)O)c1. The Morgan fingerprint density at radius 1 is 1.22 bits per heavy atom. The van der Waals surface area contributed by atoms with Crippen molar-refractivity contribution in [3.05, 3.63) is 53.6 Å². The third-order valence-corrected chi connectivity index (χ3v) is 5.33. The van der Waals surface area contributed by atoms with Gasteiger partial charge in [0.2, 0.25) is 0 Å². The van der Waals surface area contributed by atoms with E-state index in [1.807, 2.05) is 0 Å². The van der Waals surface area contributed by atoms with Gasteiger partial charge < -0.3 is 10.2 Å². The Labute approximate surface area is 134 Å². The molecule has 0 aliphatic heterocycles. The lowest BCUT2D eigenvalue weighted by molar-refractivity contribution is -0.268. The maximum Gasteiger partial charge on any atom is 0.335 e. The summed E-state index contributed by atoms with van der Waals surface area (Å²) in [6, 6.07) is 9.99. The van der Waals surface area contributed by atoms with Gasteiger partial charge in [-0.05, 0) is 37.6 Å². The quantitative estimate of drug-likeness (QED) is 0.901. The second-order valence-corrected chi connectivity index (χ2v) is 6.78. The lowest BCUT2D eigenvalue weighted by Gasteiger charge is -2.25. The molecule has 0 radical (unpaired) electrons. The van der Waals surface area contributed by atoms with Crippen LogP contribution in [0.2, 0.25) is 0 Å². The minimum Gasteiger partial charge on any atom is -0.872 e. The van der Waals surface area contributed by atoms with Crippen molar-refractivity contribution in [2.75, 3.05) is 10.8 Å². The van der Waals surface area contributed by atoms with E-state index in [2.05, 4.69) is 0 Å². The van der Waals surface area contributed by atoms with Crippen molar-refractivity contribution in [1.82, 2.24) is 0 Å². The largest absolute Gasteiger partial charge is 0.872 e. The van der Waals surface area contributed by atoms with E-state index >= 15 is 0 Å². The third-order valence-electron chi connectivity index (χ3n) is 3.44. The van der Waals surface area contributed by atoms with Gasteiger partial charge in [-0.15, -0.1) is 0 Å². The molecule has 0 heterocycles. The van der Waals surface area contributed by atoms with Crippen molar-refractivity contribution < 1.29 is 23.4 Å². The van der Waals surface area contributed by atoms with Gasteiger partial charge in [-0.1, -0.05) is 30.0 Å². The summed E-state index contributed by atoms with van der Waals surface area (Å²) in [5, 5.41) is 20.5. The highest BCUT2D eigenvalue weighted by Crippen LogP contribution is 2.28. The fourth-order valence-corrected chi connectivity index (χ4v) is 3.84. The molecule has 0 aliphatic rings. The number of anilines is 1. The molecule has 7 heteroatoms. The number of para-hydroxylation sites is 1. The molecule has 0 unspecified atom stereocenters. The Morgan fingerprint density at radius 2 is 1.87 bits per heavy atom. The van der Waals surface area contributed by atoms with Gasteiger partial charge in [0.05, 0.1) is 16.1 Å². The minimum atomic E-state index is -3.97. The van der Waals surface area contributed by atoms with Crippen LogP contribution in [0.15, 0.2) is 47.4 Å². The van der Waals surface area contributed by atoms with Crippen LogP contribution in [0.5, 0.6) is 5.75 Å².